The fourth-order valence-corrected chi connectivity index (χ4v) is 2.39. The molecular formula is C17H14O2S. The smallest absolute Gasteiger partial charge is 0.127 e. The van der Waals surface area contributed by atoms with Gasteiger partial charge >= 0.3 is 0 Å². The van der Waals surface area contributed by atoms with E-state index >= 15 is 0 Å². The molecule has 1 aromatic heterocycles. The number of hydrogen-bond acceptors (Lipinski definition) is 3. The average Bonchev–Trinajstić information content (AvgIpc) is 3.01. The summed E-state index contributed by atoms with van der Waals surface area (Å²) >= 11 is 1.70. The van der Waals surface area contributed by atoms with E-state index in [2.05, 4.69) is 11.4 Å². The van der Waals surface area contributed by atoms with Crippen molar-refractivity contribution in [1.82, 2.24) is 0 Å². The molecule has 1 heterocycles. The molecule has 3 rings (SSSR count). The number of para-hydroxylation sites is 1. The molecule has 0 spiro atoms. The van der Waals surface area contributed by atoms with Gasteiger partial charge in [0.2, 0.25) is 0 Å². The summed E-state index contributed by atoms with van der Waals surface area (Å²) < 4.78 is 11.4. The first-order valence-corrected chi connectivity index (χ1v) is 7.26. The summed E-state index contributed by atoms with van der Waals surface area (Å²) in [5.41, 5.74) is 0. The Balaban J connectivity index is 1.60. The van der Waals surface area contributed by atoms with Gasteiger partial charge in [-0.05, 0) is 47.8 Å². The topological polar surface area (TPSA) is 18.5 Å². The minimum Gasteiger partial charge on any atom is -0.488 e. The van der Waals surface area contributed by atoms with Gasteiger partial charge in [-0.3, -0.25) is 0 Å². The molecule has 2 nitrogen and oxygen atoms in total. The van der Waals surface area contributed by atoms with Crippen LogP contribution in [0.3, 0.4) is 0 Å². The largest absolute Gasteiger partial charge is 0.488 e. The normalized spacial score (nSPS) is 10.2. The standard InChI is InChI=1S/C17H14O2S/c1-2-5-15(6-3-1)19-16-10-8-14(9-11-16)18-13-17-7-4-12-20-17/h1-12H,13H2. The summed E-state index contributed by atoms with van der Waals surface area (Å²) in [7, 11) is 0. The van der Waals surface area contributed by atoms with Gasteiger partial charge in [0.15, 0.2) is 0 Å². The van der Waals surface area contributed by atoms with Crippen LogP contribution in [0.15, 0.2) is 72.1 Å². The summed E-state index contributed by atoms with van der Waals surface area (Å²) in [6.07, 6.45) is 0. The Morgan fingerprint density at radius 3 is 2.10 bits per heavy atom. The minimum atomic E-state index is 0.608. The van der Waals surface area contributed by atoms with Crippen molar-refractivity contribution in [3.05, 3.63) is 77.0 Å². The highest BCUT2D eigenvalue weighted by Gasteiger charge is 1.99. The lowest BCUT2D eigenvalue weighted by Gasteiger charge is -2.07. The van der Waals surface area contributed by atoms with Gasteiger partial charge < -0.3 is 9.47 Å². The first-order chi connectivity index (χ1) is 9.90. The zero-order chi connectivity index (χ0) is 13.6. The van der Waals surface area contributed by atoms with E-state index in [4.69, 9.17) is 9.47 Å². The highest BCUT2D eigenvalue weighted by Crippen LogP contribution is 2.24. The van der Waals surface area contributed by atoms with E-state index in [0.29, 0.717) is 6.61 Å². The second kappa shape index (κ2) is 6.26. The molecule has 0 radical (unpaired) electrons. The van der Waals surface area contributed by atoms with E-state index in [1.54, 1.807) is 11.3 Å². The second-order valence-corrected chi connectivity index (χ2v) is 5.29. The second-order valence-electron chi connectivity index (χ2n) is 4.25. The Labute approximate surface area is 122 Å². The van der Waals surface area contributed by atoms with Crippen molar-refractivity contribution in [3.8, 4) is 17.2 Å². The van der Waals surface area contributed by atoms with E-state index in [0.717, 1.165) is 17.2 Å². The molecule has 0 aliphatic rings. The van der Waals surface area contributed by atoms with Gasteiger partial charge in [-0.1, -0.05) is 24.3 Å². The molecule has 100 valence electrons. The van der Waals surface area contributed by atoms with E-state index in [-0.39, 0.29) is 0 Å². The van der Waals surface area contributed by atoms with Crippen molar-refractivity contribution < 1.29 is 9.47 Å². The molecule has 0 atom stereocenters. The SMILES string of the molecule is c1ccc(Oc2ccc(OCc3cccs3)cc2)cc1. The van der Waals surface area contributed by atoms with Crippen molar-refractivity contribution in [3.63, 3.8) is 0 Å². The van der Waals surface area contributed by atoms with Crippen LogP contribution in [-0.2, 0) is 6.61 Å². The molecule has 0 unspecified atom stereocenters. The van der Waals surface area contributed by atoms with Crippen molar-refractivity contribution in [1.29, 1.82) is 0 Å². The van der Waals surface area contributed by atoms with Crippen molar-refractivity contribution >= 4 is 11.3 Å². The van der Waals surface area contributed by atoms with Crippen LogP contribution in [0, 0.1) is 0 Å². The van der Waals surface area contributed by atoms with Crippen LogP contribution in [-0.4, -0.2) is 0 Å². The molecule has 2 aromatic carbocycles. The zero-order valence-electron chi connectivity index (χ0n) is 10.9. The van der Waals surface area contributed by atoms with Crippen LogP contribution in [0.5, 0.6) is 17.2 Å². The maximum atomic E-state index is 5.73. The third kappa shape index (κ3) is 3.39. The number of rotatable bonds is 5. The van der Waals surface area contributed by atoms with Gasteiger partial charge in [0, 0.05) is 4.88 Å². The van der Waals surface area contributed by atoms with Crippen molar-refractivity contribution in [2.75, 3.05) is 0 Å². The van der Waals surface area contributed by atoms with Crippen LogP contribution in [0.1, 0.15) is 4.88 Å². The van der Waals surface area contributed by atoms with Crippen LogP contribution < -0.4 is 9.47 Å². The first-order valence-electron chi connectivity index (χ1n) is 6.38. The molecule has 0 fully saturated rings. The van der Waals surface area contributed by atoms with Gasteiger partial charge in [0.1, 0.15) is 23.9 Å². The molecule has 0 saturated carbocycles. The predicted octanol–water partition coefficient (Wildman–Crippen LogP) is 5.12. The Bertz CT molecular complexity index is 631. The molecule has 0 bridgehead atoms. The van der Waals surface area contributed by atoms with Gasteiger partial charge in [-0.25, -0.2) is 0 Å². The molecule has 0 saturated heterocycles. The molecule has 0 amide bonds. The molecule has 3 heteroatoms. The third-order valence-corrected chi connectivity index (χ3v) is 3.61. The van der Waals surface area contributed by atoms with Gasteiger partial charge in [0.05, 0.1) is 0 Å². The molecule has 3 aromatic rings. The average molecular weight is 282 g/mol. The maximum absolute atomic E-state index is 5.73. The highest BCUT2D eigenvalue weighted by atomic mass is 32.1. The fraction of sp³-hybridized carbons (Fsp3) is 0.0588. The number of benzene rings is 2. The van der Waals surface area contributed by atoms with E-state index < -0.39 is 0 Å². The molecular weight excluding hydrogens is 268 g/mol. The van der Waals surface area contributed by atoms with Crippen LogP contribution in [0.2, 0.25) is 0 Å². The summed E-state index contributed by atoms with van der Waals surface area (Å²) in [4.78, 5) is 1.22. The van der Waals surface area contributed by atoms with Crippen molar-refractivity contribution in [2.45, 2.75) is 6.61 Å². The van der Waals surface area contributed by atoms with E-state index in [1.807, 2.05) is 60.7 Å². The number of ether oxygens (including phenoxy) is 2. The zero-order valence-corrected chi connectivity index (χ0v) is 11.7. The summed E-state index contributed by atoms with van der Waals surface area (Å²) in [5.74, 6) is 2.48. The van der Waals surface area contributed by atoms with E-state index in [1.165, 1.54) is 4.88 Å². The monoisotopic (exact) mass is 282 g/mol. The Hall–Kier alpha value is -2.26. The first kappa shape index (κ1) is 12.8. The highest BCUT2D eigenvalue weighted by molar-refractivity contribution is 7.09. The fourth-order valence-electron chi connectivity index (χ4n) is 1.78. The predicted molar refractivity (Wildman–Crippen MR) is 81.6 cm³/mol. The number of hydrogen-bond donors (Lipinski definition) is 0. The third-order valence-electron chi connectivity index (χ3n) is 2.76. The Kier molecular flexibility index (Phi) is 3.99. The quantitative estimate of drug-likeness (QED) is 0.646. The minimum absolute atomic E-state index is 0.608. The molecule has 0 aliphatic heterocycles. The van der Waals surface area contributed by atoms with Crippen LogP contribution in [0.4, 0.5) is 0 Å². The summed E-state index contributed by atoms with van der Waals surface area (Å²) in [6.45, 7) is 0.608. The summed E-state index contributed by atoms with van der Waals surface area (Å²) in [6, 6.07) is 21.5. The molecule has 20 heavy (non-hydrogen) atoms. The molecule has 0 N–H and O–H groups in total. The van der Waals surface area contributed by atoms with E-state index in [9.17, 15) is 0 Å². The lowest BCUT2D eigenvalue weighted by atomic mass is 10.3. The Morgan fingerprint density at radius 1 is 0.700 bits per heavy atom. The van der Waals surface area contributed by atoms with Gasteiger partial charge in [-0.2, -0.15) is 0 Å². The maximum Gasteiger partial charge on any atom is 0.127 e. The number of thiophene rings is 1. The summed E-state index contributed by atoms with van der Waals surface area (Å²) in [5, 5.41) is 2.05. The lowest BCUT2D eigenvalue weighted by Crippen LogP contribution is -1.92. The van der Waals surface area contributed by atoms with Crippen LogP contribution >= 0.6 is 11.3 Å². The van der Waals surface area contributed by atoms with Gasteiger partial charge in [0.25, 0.3) is 0 Å². The lowest BCUT2D eigenvalue weighted by molar-refractivity contribution is 0.309. The van der Waals surface area contributed by atoms with Crippen molar-refractivity contribution in [2.24, 2.45) is 0 Å². The Morgan fingerprint density at radius 2 is 1.40 bits per heavy atom. The van der Waals surface area contributed by atoms with Gasteiger partial charge in [-0.15, -0.1) is 11.3 Å². The molecule has 0 aliphatic carbocycles. The van der Waals surface area contributed by atoms with Crippen LogP contribution in [0.25, 0.3) is 0 Å².